The number of aromatic nitrogens is 3. The fourth-order valence-electron chi connectivity index (χ4n) is 2.57. The summed E-state index contributed by atoms with van der Waals surface area (Å²) in [6, 6.07) is 10.5. The molecular weight excluding hydrogens is 363 g/mol. The highest BCUT2D eigenvalue weighted by Crippen LogP contribution is 2.36. The number of aromatic amines is 1. The van der Waals surface area contributed by atoms with Crippen molar-refractivity contribution in [2.75, 3.05) is 5.32 Å². The van der Waals surface area contributed by atoms with Crippen LogP contribution in [0.2, 0.25) is 0 Å². The highest BCUT2D eigenvalue weighted by atomic mass is 19.4. The minimum absolute atomic E-state index is 0.0655. The Kier molecular flexibility index (Phi) is 4.80. The summed E-state index contributed by atoms with van der Waals surface area (Å²) in [5.74, 6) is 0.850. The van der Waals surface area contributed by atoms with E-state index >= 15 is 0 Å². The third-order valence-corrected chi connectivity index (χ3v) is 3.83. The van der Waals surface area contributed by atoms with Gasteiger partial charge in [0.2, 0.25) is 0 Å². The van der Waals surface area contributed by atoms with E-state index in [1.165, 1.54) is 0 Å². The number of alkyl halides is 3. The van der Waals surface area contributed by atoms with Gasteiger partial charge in [-0.2, -0.15) is 18.3 Å². The number of hydrogen-bond acceptors (Lipinski definition) is 5. The third kappa shape index (κ3) is 4.05. The molecule has 3 aromatic rings. The normalized spacial score (nSPS) is 12.6. The number of halogens is 3. The van der Waals surface area contributed by atoms with Gasteiger partial charge in [-0.05, 0) is 24.6 Å². The van der Waals surface area contributed by atoms with E-state index in [0.29, 0.717) is 23.3 Å². The van der Waals surface area contributed by atoms with E-state index in [4.69, 9.17) is 0 Å². The van der Waals surface area contributed by atoms with Crippen LogP contribution in [0.3, 0.4) is 0 Å². The van der Waals surface area contributed by atoms with Crippen LogP contribution < -0.4 is 5.32 Å². The lowest BCUT2D eigenvalue weighted by molar-refractivity contribution is -0.384. The van der Waals surface area contributed by atoms with Crippen molar-refractivity contribution in [1.29, 1.82) is 0 Å². The summed E-state index contributed by atoms with van der Waals surface area (Å²) in [6.07, 6.45) is -4.68. The van der Waals surface area contributed by atoms with Crippen LogP contribution in [0.4, 0.5) is 24.5 Å². The molecule has 0 bridgehead atoms. The van der Waals surface area contributed by atoms with E-state index in [2.05, 4.69) is 20.5 Å². The van der Waals surface area contributed by atoms with E-state index in [9.17, 15) is 23.3 Å². The first-order chi connectivity index (χ1) is 12.8. The summed E-state index contributed by atoms with van der Waals surface area (Å²) in [7, 11) is 0. The Balaban J connectivity index is 2.05. The van der Waals surface area contributed by atoms with Gasteiger partial charge < -0.3 is 5.32 Å². The van der Waals surface area contributed by atoms with Crippen molar-refractivity contribution >= 4 is 11.4 Å². The summed E-state index contributed by atoms with van der Waals surface area (Å²) in [5.41, 5.74) is -1.14. The molecule has 1 aromatic heterocycles. The minimum atomic E-state index is -4.68. The number of nitro benzene ring substituents is 1. The highest BCUT2D eigenvalue weighted by Gasteiger charge is 2.33. The molecule has 1 heterocycles. The molecule has 0 aliphatic carbocycles. The first kappa shape index (κ1) is 18.4. The summed E-state index contributed by atoms with van der Waals surface area (Å²) in [4.78, 5) is 14.7. The maximum atomic E-state index is 12.9. The predicted octanol–water partition coefficient (Wildman–Crippen LogP) is 4.24. The Labute approximate surface area is 151 Å². The van der Waals surface area contributed by atoms with Gasteiger partial charge in [-0.15, -0.1) is 0 Å². The molecule has 0 aliphatic heterocycles. The molecule has 0 radical (unpaired) electrons. The molecule has 10 heteroatoms. The highest BCUT2D eigenvalue weighted by molar-refractivity contribution is 5.64. The van der Waals surface area contributed by atoms with Crippen LogP contribution in [0.15, 0.2) is 48.5 Å². The summed E-state index contributed by atoms with van der Waals surface area (Å²) in [5, 5.41) is 21.0. The largest absolute Gasteiger partial charge is 0.416 e. The number of anilines is 1. The number of nitro groups is 1. The molecule has 140 valence electrons. The maximum Gasteiger partial charge on any atom is 0.416 e. The van der Waals surface area contributed by atoms with Crippen molar-refractivity contribution in [3.8, 4) is 0 Å². The molecule has 0 saturated heterocycles. The van der Waals surface area contributed by atoms with Crippen molar-refractivity contribution in [3.05, 3.63) is 81.4 Å². The SMILES string of the molecule is Cc1nc(C(Nc2ccc(C(F)(F)F)cc2[N+](=O)[O-])c2ccccc2)n[nH]1. The summed E-state index contributed by atoms with van der Waals surface area (Å²) >= 11 is 0. The fourth-order valence-corrected chi connectivity index (χ4v) is 2.57. The zero-order valence-corrected chi connectivity index (χ0v) is 14.0. The first-order valence-corrected chi connectivity index (χ1v) is 7.81. The molecule has 2 aromatic carbocycles. The van der Waals surface area contributed by atoms with E-state index in [1.807, 2.05) is 0 Å². The Bertz CT molecular complexity index is 957. The quantitative estimate of drug-likeness (QED) is 0.512. The van der Waals surface area contributed by atoms with Crippen molar-refractivity contribution in [1.82, 2.24) is 15.2 Å². The number of nitrogens with one attached hydrogen (secondary N) is 2. The van der Waals surface area contributed by atoms with Crippen molar-refractivity contribution in [2.24, 2.45) is 0 Å². The zero-order valence-electron chi connectivity index (χ0n) is 14.0. The monoisotopic (exact) mass is 377 g/mol. The fraction of sp³-hybridized carbons (Fsp3) is 0.176. The second-order valence-electron chi connectivity index (χ2n) is 5.75. The van der Waals surface area contributed by atoms with Gasteiger partial charge in [0.05, 0.1) is 10.5 Å². The topological polar surface area (TPSA) is 96.7 Å². The lowest BCUT2D eigenvalue weighted by atomic mass is 10.1. The lowest BCUT2D eigenvalue weighted by Crippen LogP contribution is -2.16. The van der Waals surface area contributed by atoms with Crippen LogP contribution >= 0.6 is 0 Å². The lowest BCUT2D eigenvalue weighted by Gasteiger charge is -2.18. The second kappa shape index (κ2) is 7.06. The van der Waals surface area contributed by atoms with Gasteiger partial charge in [-0.25, -0.2) is 4.98 Å². The van der Waals surface area contributed by atoms with Gasteiger partial charge in [0.25, 0.3) is 5.69 Å². The number of hydrogen-bond donors (Lipinski definition) is 2. The van der Waals surface area contributed by atoms with E-state index < -0.39 is 28.4 Å². The van der Waals surface area contributed by atoms with Crippen molar-refractivity contribution in [3.63, 3.8) is 0 Å². The van der Waals surface area contributed by atoms with Crippen LogP contribution in [0, 0.1) is 17.0 Å². The van der Waals surface area contributed by atoms with Gasteiger partial charge in [0.1, 0.15) is 17.6 Å². The van der Waals surface area contributed by atoms with Gasteiger partial charge in [-0.3, -0.25) is 15.2 Å². The molecule has 27 heavy (non-hydrogen) atoms. The Hall–Kier alpha value is -3.43. The molecule has 1 unspecified atom stereocenters. The molecule has 3 rings (SSSR count). The number of aryl methyl sites for hydroxylation is 1. The average Bonchev–Trinajstić information content (AvgIpc) is 3.05. The smallest absolute Gasteiger partial charge is 0.366 e. The Morgan fingerprint density at radius 3 is 2.44 bits per heavy atom. The maximum absolute atomic E-state index is 12.9. The minimum Gasteiger partial charge on any atom is -0.366 e. The molecule has 0 saturated carbocycles. The molecule has 2 N–H and O–H groups in total. The van der Waals surface area contributed by atoms with Crippen LogP contribution in [-0.4, -0.2) is 20.1 Å². The van der Waals surface area contributed by atoms with E-state index in [-0.39, 0.29) is 5.69 Å². The molecule has 7 nitrogen and oxygen atoms in total. The number of benzene rings is 2. The standard InChI is InChI=1S/C17H14F3N5O2/c1-10-21-16(24-23-10)15(11-5-3-2-4-6-11)22-13-8-7-12(17(18,19)20)9-14(13)25(26)27/h2-9,15,22H,1H3,(H,21,23,24). The van der Waals surface area contributed by atoms with Crippen molar-refractivity contribution in [2.45, 2.75) is 19.1 Å². The van der Waals surface area contributed by atoms with Crippen LogP contribution in [0.25, 0.3) is 0 Å². The van der Waals surface area contributed by atoms with Gasteiger partial charge in [-0.1, -0.05) is 30.3 Å². The Morgan fingerprint density at radius 1 is 1.19 bits per heavy atom. The predicted molar refractivity (Wildman–Crippen MR) is 91.1 cm³/mol. The zero-order chi connectivity index (χ0) is 19.6. The molecule has 1 atom stereocenters. The molecule has 0 fully saturated rings. The second-order valence-corrected chi connectivity index (χ2v) is 5.75. The Morgan fingerprint density at radius 2 is 1.89 bits per heavy atom. The number of nitrogens with zero attached hydrogens (tertiary/aromatic N) is 3. The van der Waals surface area contributed by atoms with Gasteiger partial charge >= 0.3 is 6.18 Å². The number of H-pyrrole nitrogens is 1. The van der Waals surface area contributed by atoms with Crippen LogP contribution in [-0.2, 0) is 6.18 Å². The molecule has 0 spiro atoms. The van der Waals surface area contributed by atoms with Crippen molar-refractivity contribution < 1.29 is 18.1 Å². The van der Waals surface area contributed by atoms with E-state index in [0.717, 1.165) is 12.1 Å². The number of rotatable bonds is 5. The molecular formula is C17H14F3N5O2. The summed E-state index contributed by atoms with van der Waals surface area (Å²) < 4.78 is 38.7. The van der Waals surface area contributed by atoms with Gasteiger partial charge in [0, 0.05) is 6.07 Å². The average molecular weight is 377 g/mol. The molecule has 0 amide bonds. The third-order valence-electron chi connectivity index (χ3n) is 3.83. The van der Waals surface area contributed by atoms with Crippen LogP contribution in [0.5, 0.6) is 0 Å². The first-order valence-electron chi connectivity index (χ1n) is 7.81. The summed E-state index contributed by atoms with van der Waals surface area (Å²) in [6.45, 7) is 1.69. The van der Waals surface area contributed by atoms with E-state index in [1.54, 1.807) is 37.3 Å². The van der Waals surface area contributed by atoms with Gasteiger partial charge in [0.15, 0.2) is 5.82 Å². The van der Waals surface area contributed by atoms with Crippen LogP contribution in [0.1, 0.15) is 28.8 Å². The molecule has 0 aliphatic rings.